The fourth-order valence-electron chi connectivity index (χ4n) is 2.84. The topological polar surface area (TPSA) is 105 Å². The van der Waals surface area contributed by atoms with Crippen LogP contribution < -0.4 is 10.0 Å². The molecule has 2 aromatic heterocycles. The fourth-order valence-corrected chi connectivity index (χ4v) is 3.89. The van der Waals surface area contributed by atoms with Crippen LogP contribution in [0.3, 0.4) is 0 Å². The van der Waals surface area contributed by atoms with Crippen LogP contribution >= 0.6 is 0 Å². The lowest BCUT2D eigenvalue weighted by molar-refractivity contribution is -0.137. The first kappa shape index (κ1) is 21.3. The Hall–Kier alpha value is -3.93. The van der Waals surface area contributed by atoms with Crippen molar-refractivity contribution in [2.45, 2.75) is 11.1 Å². The van der Waals surface area contributed by atoms with Crippen molar-refractivity contribution in [1.29, 1.82) is 0 Å². The van der Waals surface area contributed by atoms with Crippen LogP contribution in [-0.4, -0.2) is 28.9 Å². The van der Waals surface area contributed by atoms with E-state index < -0.39 is 32.6 Å². The first-order chi connectivity index (χ1) is 15.1. The van der Waals surface area contributed by atoms with Crippen molar-refractivity contribution in [3.63, 3.8) is 0 Å². The minimum absolute atomic E-state index is 0.0580. The molecule has 2 aromatic carbocycles. The maximum Gasteiger partial charge on any atom is 0.416 e. The van der Waals surface area contributed by atoms with Crippen LogP contribution in [0, 0.1) is 0 Å². The van der Waals surface area contributed by atoms with E-state index in [1.807, 2.05) is 0 Å². The molecule has 0 unspecified atom stereocenters. The van der Waals surface area contributed by atoms with E-state index in [4.69, 9.17) is 0 Å². The maximum atomic E-state index is 12.9. The second-order valence-electron chi connectivity index (χ2n) is 6.59. The monoisotopic (exact) mass is 461 g/mol. The van der Waals surface area contributed by atoms with Crippen LogP contribution in [0.25, 0.3) is 5.65 Å². The van der Waals surface area contributed by atoms with E-state index in [1.165, 1.54) is 23.0 Å². The number of carbonyl (C=O) groups excluding carboxylic acids is 1. The number of alkyl halides is 3. The molecule has 8 nitrogen and oxygen atoms in total. The Balaban J connectivity index is 1.63. The predicted octanol–water partition coefficient (Wildman–Crippen LogP) is 3.80. The summed E-state index contributed by atoms with van der Waals surface area (Å²) in [6.07, 6.45) is -2.06. The van der Waals surface area contributed by atoms with Gasteiger partial charge in [-0.1, -0.05) is 24.3 Å². The predicted molar refractivity (Wildman–Crippen MR) is 110 cm³/mol. The molecular formula is C20H14F3N5O3S. The second kappa shape index (κ2) is 7.96. The molecule has 12 heteroatoms. The van der Waals surface area contributed by atoms with Crippen LogP contribution in [0.2, 0.25) is 0 Å². The number of sulfonamides is 1. The number of aromatic nitrogens is 3. The third kappa shape index (κ3) is 4.39. The third-order valence-electron chi connectivity index (χ3n) is 4.36. The number of carbonyl (C=O) groups is 1. The first-order valence-electron chi connectivity index (χ1n) is 9.04. The Kier molecular flexibility index (Phi) is 5.30. The smallest absolute Gasteiger partial charge is 0.322 e. The number of hydrogen-bond donors (Lipinski definition) is 2. The molecule has 0 saturated carbocycles. The molecule has 0 aliphatic rings. The minimum atomic E-state index is -4.69. The summed E-state index contributed by atoms with van der Waals surface area (Å²) in [5.74, 6) is -0.708. The lowest BCUT2D eigenvalue weighted by Gasteiger charge is -2.11. The van der Waals surface area contributed by atoms with Crippen molar-refractivity contribution < 1.29 is 26.4 Å². The van der Waals surface area contributed by atoms with E-state index in [2.05, 4.69) is 20.1 Å². The van der Waals surface area contributed by atoms with E-state index in [0.29, 0.717) is 11.8 Å². The van der Waals surface area contributed by atoms with Gasteiger partial charge in [0.25, 0.3) is 15.9 Å². The highest BCUT2D eigenvalue weighted by molar-refractivity contribution is 7.92. The van der Waals surface area contributed by atoms with Crippen molar-refractivity contribution >= 4 is 33.1 Å². The molecular weight excluding hydrogens is 447 g/mol. The summed E-state index contributed by atoms with van der Waals surface area (Å²) in [7, 11) is -4.37. The summed E-state index contributed by atoms with van der Waals surface area (Å²) in [6, 6.07) is 13.2. The number of nitrogens with one attached hydrogen (secondary N) is 2. The number of anilines is 2. The van der Waals surface area contributed by atoms with Crippen LogP contribution in [0.15, 0.2) is 78.0 Å². The quantitative estimate of drug-likeness (QED) is 0.470. The molecule has 164 valence electrons. The molecule has 32 heavy (non-hydrogen) atoms. The lowest BCUT2D eigenvalue weighted by Crippen LogP contribution is -2.16. The number of para-hydroxylation sites is 1. The van der Waals surface area contributed by atoms with Crippen LogP contribution in [0.5, 0.6) is 0 Å². The average molecular weight is 461 g/mol. The first-order valence-corrected chi connectivity index (χ1v) is 10.5. The number of fused-ring (bicyclic) bond motifs is 1. The number of amides is 1. The van der Waals surface area contributed by atoms with Gasteiger partial charge in [0, 0.05) is 11.9 Å². The Morgan fingerprint density at radius 3 is 2.47 bits per heavy atom. The van der Waals surface area contributed by atoms with Crippen LogP contribution in [0.4, 0.5) is 24.7 Å². The van der Waals surface area contributed by atoms with Crippen LogP contribution in [0.1, 0.15) is 15.9 Å². The minimum Gasteiger partial charge on any atom is -0.322 e. The van der Waals surface area contributed by atoms with E-state index in [9.17, 15) is 26.4 Å². The van der Waals surface area contributed by atoms with Gasteiger partial charge in [-0.3, -0.25) is 9.52 Å². The number of halogens is 3. The highest BCUT2D eigenvalue weighted by atomic mass is 32.2. The largest absolute Gasteiger partial charge is 0.416 e. The van der Waals surface area contributed by atoms with E-state index in [0.717, 1.165) is 18.2 Å². The van der Waals surface area contributed by atoms with Gasteiger partial charge < -0.3 is 5.32 Å². The second-order valence-corrected chi connectivity index (χ2v) is 8.27. The van der Waals surface area contributed by atoms with Gasteiger partial charge in [0.2, 0.25) is 0 Å². The van der Waals surface area contributed by atoms with E-state index in [1.54, 1.807) is 30.3 Å². The number of nitrogens with zero attached hydrogens (tertiary/aromatic N) is 3. The maximum absolute atomic E-state index is 12.9. The van der Waals surface area contributed by atoms with Gasteiger partial charge in [-0.05, 0) is 36.4 Å². The SMILES string of the molecule is O=C(Nc1ccccc1)c1cnn2ccc(NS(=O)(=O)c3cccc(C(F)(F)F)c3)nc12. The summed E-state index contributed by atoms with van der Waals surface area (Å²) in [4.78, 5) is 16.1. The van der Waals surface area contributed by atoms with Gasteiger partial charge in [0.15, 0.2) is 5.65 Å². The molecule has 0 saturated heterocycles. The molecule has 0 atom stereocenters. The zero-order valence-electron chi connectivity index (χ0n) is 16.0. The van der Waals surface area contributed by atoms with Gasteiger partial charge in [0.1, 0.15) is 11.4 Å². The summed E-state index contributed by atoms with van der Waals surface area (Å²) in [5, 5.41) is 6.68. The molecule has 2 N–H and O–H groups in total. The highest BCUT2D eigenvalue weighted by Crippen LogP contribution is 2.30. The van der Waals surface area contributed by atoms with Gasteiger partial charge in [-0.25, -0.2) is 17.9 Å². The van der Waals surface area contributed by atoms with Crippen molar-refractivity contribution in [3.8, 4) is 0 Å². The van der Waals surface area contributed by atoms with Crippen molar-refractivity contribution in [2.24, 2.45) is 0 Å². The standard InChI is InChI=1S/C20H14F3N5O3S/c21-20(22,23)13-5-4-8-15(11-13)32(30,31)27-17-9-10-28-18(26-17)16(12-24-28)19(29)25-14-6-2-1-3-7-14/h1-12H,(H,25,29)(H,26,27). The molecule has 4 aromatic rings. The van der Waals surface area contributed by atoms with Crippen LogP contribution in [-0.2, 0) is 16.2 Å². The van der Waals surface area contributed by atoms with Crippen molar-refractivity contribution in [1.82, 2.24) is 14.6 Å². The lowest BCUT2D eigenvalue weighted by atomic mass is 10.2. The molecule has 0 bridgehead atoms. The molecule has 4 rings (SSSR count). The normalized spacial score (nSPS) is 12.0. The molecule has 1 amide bonds. The van der Waals surface area contributed by atoms with Gasteiger partial charge in [0.05, 0.1) is 16.7 Å². The van der Waals surface area contributed by atoms with Crippen molar-refractivity contribution in [2.75, 3.05) is 10.0 Å². The summed E-state index contributed by atoms with van der Waals surface area (Å²) in [5.41, 5.74) is -0.422. The number of benzene rings is 2. The van der Waals surface area contributed by atoms with E-state index >= 15 is 0 Å². The molecule has 0 spiro atoms. The zero-order valence-corrected chi connectivity index (χ0v) is 16.9. The van der Waals surface area contributed by atoms with Gasteiger partial charge in [-0.15, -0.1) is 0 Å². The highest BCUT2D eigenvalue weighted by Gasteiger charge is 2.31. The van der Waals surface area contributed by atoms with Gasteiger partial charge >= 0.3 is 6.18 Å². The Morgan fingerprint density at radius 2 is 1.75 bits per heavy atom. The van der Waals surface area contributed by atoms with Gasteiger partial charge in [-0.2, -0.15) is 18.3 Å². The summed E-state index contributed by atoms with van der Waals surface area (Å²) < 4.78 is 67.4. The molecule has 0 fully saturated rings. The Morgan fingerprint density at radius 1 is 1.00 bits per heavy atom. The number of rotatable bonds is 5. The molecule has 0 aliphatic carbocycles. The molecule has 0 radical (unpaired) electrons. The zero-order chi connectivity index (χ0) is 22.9. The summed E-state index contributed by atoms with van der Waals surface area (Å²) >= 11 is 0. The Labute approximate surface area is 179 Å². The number of hydrogen-bond acceptors (Lipinski definition) is 5. The molecule has 0 aliphatic heterocycles. The molecule has 2 heterocycles. The Bertz CT molecular complexity index is 1400. The van der Waals surface area contributed by atoms with E-state index in [-0.39, 0.29) is 17.0 Å². The fraction of sp³-hybridized carbons (Fsp3) is 0.0500. The van der Waals surface area contributed by atoms with Crippen molar-refractivity contribution in [3.05, 3.63) is 84.2 Å². The summed E-state index contributed by atoms with van der Waals surface area (Å²) in [6.45, 7) is 0. The average Bonchev–Trinajstić information content (AvgIpc) is 3.17. The third-order valence-corrected chi connectivity index (χ3v) is 5.71.